The molecule has 14 nitrogen and oxygen atoms in total. The lowest BCUT2D eigenvalue weighted by atomic mass is 10.0. The Balaban J connectivity index is 0.922. The number of nitrogens with zero attached hydrogens (tertiary/aromatic N) is 5. The zero-order chi connectivity index (χ0) is 39.6. The minimum atomic E-state index is -0.997. The van der Waals surface area contributed by atoms with Crippen LogP contribution < -0.4 is 25.8 Å². The van der Waals surface area contributed by atoms with E-state index in [-0.39, 0.29) is 29.5 Å². The average molecular weight is 765 g/mol. The van der Waals surface area contributed by atoms with Gasteiger partial charge in [-0.15, -0.1) is 0 Å². The van der Waals surface area contributed by atoms with E-state index in [4.69, 9.17) is 4.74 Å². The molecule has 0 bridgehead atoms. The van der Waals surface area contributed by atoms with Gasteiger partial charge in [-0.25, -0.2) is 14.8 Å². The normalized spacial score (nSPS) is 16.3. The predicted octanol–water partition coefficient (Wildman–Crippen LogP) is 3.96. The average Bonchev–Trinajstić information content (AvgIpc) is 3.43. The van der Waals surface area contributed by atoms with Gasteiger partial charge in [0.25, 0.3) is 0 Å². The van der Waals surface area contributed by atoms with Crippen molar-refractivity contribution in [3.8, 4) is 11.8 Å². The number of aliphatic hydroxyl groups excluding tert-OH is 2. The zero-order valence-corrected chi connectivity index (χ0v) is 31.3. The van der Waals surface area contributed by atoms with Crippen LogP contribution in [0.2, 0.25) is 0 Å². The van der Waals surface area contributed by atoms with Crippen molar-refractivity contribution in [1.29, 1.82) is 0 Å². The number of pyridine rings is 2. The van der Waals surface area contributed by atoms with E-state index >= 15 is 0 Å². The van der Waals surface area contributed by atoms with Crippen LogP contribution in [0.3, 0.4) is 0 Å². The molecule has 0 saturated carbocycles. The molecule has 2 unspecified atom stereocenters. The van der Waals surface area contributed by atoms with Crippen molar-refractivity contribution in [2.24, 2.45) is 0 Å². The number of para-hydroxylation sites is 1. The van der Waals surface area contributed by atoms with Gasteiger partial charge >= 0.3 is 6.03 Å². The van der Waals surface area contributed by atoms with Crippen LogP contribution in [-0.2, 0) is 33.9 Å². The summed E-state index contributed by atoms with van der Waals surface area (Å²) < 4.78 is 19.5. The summed E-state index contributed by atoms with van der Waals surface area (Å²) >= 11 is 0. The van der Waals surface area contributed by atoms with Crippen LogP contribution in [0, 0.1) is 17.8 Å². The van der Waals surface area contributed by atoms with Crippen molar-refractivity contribution in [3.63, 3.8) is 0 Å². The third-order valence-corrected chi connectivity index (χ3v) is 9.54. The highest BCUT2D eigenvalue weighted by Crippen LogP contribution is 2.43. The fourth-order valence-corrected chi connectivity index (χ4v) is 6.84. The highest BCUT2D eigenvalue weighted by atomic mass is 19.1. The number of aromatic nitrogens is 2. The number of ether oxygens (including phenoxy) is 1. The van der Waals surface area contributed by atoms with Crippen molar-refractivity contribution in [2.45, 2.75) is 57.6 Å². The molecular formula is C41H45FN8O6. The first-order valence-corrected chi connectivity index (χ1v) is 18.4. The number of piperidine rings is 1. The Hall–Kier alpha value is -5.92. The molecule has 1 fully saturated rings. The summed E-state index contributed by atoms with van der Waals surface area (Å²) in [5.74, 6) is 4.73. The minimum Gasteiger partial charge on any atom is -0.392 e. The van der Waals surface area contributed by atoms with E-state index in [9.17, 15) is 29.0 Å². The Bertz CT molecular complexity index is 2120. The second-order valence-corrected chi connectivity index (χ2v) is 13.7. The van der Waals surface area contributed by atoms with E-state index in [1.807, 2.05) is 43.4 Å². The van der Waals surface area contributed by atoms with Crippen molar-refractivity contribution in [1.82, 2.24) is 20.2 Å². The summed E-state index contributed by atoms with van der Waals surface area (Å²) in [4.78, 5) is 50.3. The van der Waals surface area contributed by atoms with E-state index in [0.717, 1.165) is 72.7 Å². The Labute approximate surface area is 324 Å². The van der Waals surface area contributed by atoms with Crippen molar-refractivity contribution in [2.75, 3.05) is 54.3 Å². The van der Waals surface area contributed by atoms with Gasteiger partial charge in [-0.05, 0) is 80.1 Å². The lowest BCUT2D eigenvalue weighted by Gasteiger charge is -2.34. The third kappa shape index (κ3) is 10.0. The minimum absolute atomic E-state index is 0.115. The first-order valence-electron chi connectivity index (χ1n) is 18.4. The van der Waals surface area contributed by atoms with E-state index < -0.39 is 31.0 Å². The fourth-order valence-electron chi connectivity index (χ4n) is 6.84. The highest BCUT2D eigenvalue weighted by Gasteiger charge is 2.42. The summed E-state index contributed by atoms with van der Waals surface area (Å²) in [6.45, 7) is 2.39. The molecule has 4 heterocycles. The molecule has 2 atom stereocenters. The number of amides is 4. The van der Waals surface area contributed by atoms with E-state index in [1.165, 1.54) is 6.20 Å². The Kier molecular flexibility index (Phi) is 13.2. The maximum atomic E-state index is 13.5. The number of halogens is 1. The number of urea groups is 1. The number of rotatable bonds is 14. The molecule has 1 saturated heterocycles. The second-order valence-electron chi connectivity index (χ2n) is 13.7. The molecule has 4 aromatic rings. The summed E-state index contributed by atoms with van der Waals surface area (Å²) in [5.41, 5.74) is 5.96. The number of aliphatic hydroxyl groups is 2. The Morgan fingerprint density at radius 2 is 1.88 bits per heavy atom. The number of fused-ring (bicyclic) bond motifs is 1. The number of carbonyl (C=O) groups is 3. The number of anilines is 4. The van der Waals surface area contributed by atoms with E-state index in [0.29, 0.717) is 31.0 Å². The molecule has 292 valence electrons. The largest absolute Gasteiger partial charge is 0.392 e. The van der Waals surface area contributed by atoms with Crippen LogP contribution in [0.1, 0.15) is 53.6 Å². The first kappa shape index (κ1) is 39.8. The molecule has 0 aliphatic carbocycles. The predicted molar refractivity (Wildman–Crippen MR) is 209 cm³/mol. The van der Waals surface area contributed by atoms with Gasteiger partial charge < -0.3 is 40.3 Å². The van der Waals surface area contributed by atoms with Crippen molar-refractivity contribution < 1.29 is 33.7 Å². The summed E-state index contributed by atoms with van der Waals surface area (Å²) in [6, 6.07) is 16.9. The van der Waals surface area contributed by atoms with Crippen molar-refractivity contribution in [3.05, 3.63) is 107 Å². The number of hydrogen-bond acceptors (Lipinski definition) is 11. The van der Waals surface area contributed by atoms with E-state index in [2.05, 4.69) is 55.8 Å². The Morgan fingerprint density at radius 3 is 2.70 bits per heavy atom. The maximum absolute atomic E-state index is 13.5. The lowest BCUT2D eigenvalue weighted by Crippen LogP contribution is -2.56. The lowest BCUT2D eigenvalue weighted by molar-refractivity contribution is -0.134. The molecule has 2 aromatic heterocycles. The number of hydrogen-bond donors (Lipinski definition) is 5. The maximum Gasteiger partial charge on any atom is 0.323 e. The monoisotopic (exact) mass is 764 g/mol. The van der Waals surface area contributed by atoms with Crippen LogP contribution in [0.15, 0.2) is 73.1 Å². The zero-order valence-electron chi connectivity index (χ0n) is 31.3. The SMILES string of the molecule is CN(CCCOCCCc1cccc2c1N(C)C(O)N2C1CCC(=O)NC1=O)Cc1cccc(C#Cc2cc(NC(=O)Nc3cc(F)ncc3CO)ccn2)c1. The van der Waals surface area contributed by atoms with Crippen LogP contribution in [-0.4, -0.2) is 89.2 Å². The van der Waals surface area contributed by atoms with Crippen LogP contribution in [0.25, 0.3) is 0 Å². The van der Waals surface area contributed by atoms with Crippen LogP contribution in [0.5, 0.6) is 0 Å². The number of benzene rings is 2. The molecule has 2 aromatic carbocycles. The molecule has 4 amide bonds. The molecule has 2 aliphatic heterocycles. The number of aryl methyl sites for hydroxylation is 1. The molecular weight excluding hydrogens is 719 g/mol. The molecule has 15 heteroatoms. The number of imide groups is 1. The quantitative estimate of drug-likeness (QED) is 0.0545. The summed E-state index contributed by atoms with van der Waals surface area (Å²) in [5, 5.41) is 28.0. The van der Waals surface area contributed by atoms with Gasteiger partial charge in [-0.2, -0.15) is 4.39 Å². The van der Waals surface area contributed by atoms with Crippen LogP contribution >= 0.6 is 0 Å². The number of carbonyl (C=O) groups excluding carboxylic acids is 3. The highest BCUT2D eigenvalue weighted by molar-refractivity contribution is 6.03. The van der Waals surface area contributed by atoms with Gasteiger partial charge in [0.15, 0.2) is 0 Å². The molecule has 2 aliphatic rings. The molecule has 56 heavy (non-hydrogen) atoms. The number of nitrogens with one attached hydrogen (secondary N) is 3. The first-order chi connectivity index (χ1) is 27.1. The molecule has 6 rings (SSSR count). The Morgan fingerprint density at radius 1 is 1.05 bits per heavy atom. The third-order valence-electron chi connectivity index (χ3n) is 9.54. The standard InChI is InChI=1S/C41H45FN8O6/c1-48(18-6-20-56-19-5-10-29-9-4-11-34-38(29)49(2)41(55)50(34)35-14-15-37(52)47-39(35)53)25-28-8-3-7-27(21-28)12-13-31-22-32(16-17-43-31)45-40(54)46-33-23-36(42)44-24-30(33)26-51/h3-4,7-9,11,16-17,21-24,35,41,51,55H,5-6,10,14-15,18-20,25-26H2,1-2H3,(H,47,52,53)(H2,43,44,45,46,54). The molecule has 0 radical (unpaired) electrons. The fraction of sp³-hybridized carbons (Fsp3) is 0.341. The smallest absolute Gasteiger partial charge is 0.323 e. The van der Waals surface area contributed by atoms with Gasteiger partial charge in [0.05, 0.1) is 23.7 Å². The summed E-state index contributed by atoms with van der Waals surface area (Å²) in [6.07, 6.45) is 4.70. The van der Waals surface area contributed by atoms with Gasteiger partial charge in [0.2, 0.25) is 24.1 Å². The van der Waals surface area contributed by atoms with Gasteiger partial charge in [-0.1, -0.05) is 30.2 Å². The van der Waals surface area contributed by atoms with Gasteiger partial charge in [-0.3, -0.25) is 14.9 Å². The second kappa shape index (κ2) is 18.6. The topological polar surface area (TPSA) is 172 Å². The van der Waals surface area contributed by atoms with Gasteiger partial charge in [0, 0.05) is 75.0 Å². The molecule has 0 spiro atoms. The molecule has 5 N–H and O–H groups in total. The van der Waals surface area contributed by atoms with Crippen molar-refractivity contribution >= 4 is 40.6 Å². The summed E-state index contributed by atoms with van der Waals surface area (Å²) in [7, 11) is 3.87. The van der Waals surface area contributed by atoms with Gasteiger partial charge in [0.1, 0.15) is 11.7 Å². The van der Waals surface area contributed by atoms with Crippen LogP contribution in [0.4, 0.5) is 31.9 Å². The van der Waals surface area contributed by atoms with E-state index in [1.54, 1.807) is 21.9 Å².